The minimum absolute atomic E-state index is 0.0695. The van der Waals surface area contributed by atoms with Crippen LogP contribution in [0.3, 0.4) is 0 Å². The number of rotatable bonds is 5. The number of fused-ring (bicyclic) bond motifs is 1. The average molecular weight is 425 g/mol. The fourth-order valence-corrected chi connectivity index (χ4v) is 3.19. The molecule has 0 amide bonds. The summed E-state index contributed by atoms with van der Waals surface area (Å²) in [5.41, 5.74) is 7.29. The number of nitrogens with two attached hydrogens (primary N) is 1. The van der Waals surface area contributed by atoms with Crippen molar-refractivity contribution in [1.29, 1.82) is 0 Å². The van der Waals surface area contributed by atoms with Crippen molar-refractivity contribution in [2.24, 2.45) is 5.73 Å². The number of aromatic nitrogens is 4. The number of nitrogens with zero attached hydrogens (tertiary/aromatic N) is 2. The number of thiocarbonyl (C=S) groups is 1. The number of ether oxygens (including phenoxy) is 1. The first-order valence-electron chi connectivity index (χ1n) is 8.62. The number of H-pyrrole nitrogens is 2. The van der Waals surface area contributed by atoms with E-state index in [1.54, 1.807) is 0 Å². The molecule has 0 aliphatic heterocycles. The summed E-state index contributed by atoms with van der Waals surface area (Å²) >= 11 is 9.98. The van der Waals surface area contributed by atoms with Gasteiger partial charge in [0.1, 0.15) is 17.3 Å². The van der Waals surface area contributed by atoms with Gasteiger partial charge in [-0.25, -0.2) is 4.79 Å². The maximum Gasteiger partial charge on any atom is 0.348 e. The highest BCUT2D eigenvalue weighted by Crippen LogP contribution is 2.25. The summed E-state index contributed by atoms with van der Waals surface area (Å²) in [5, 5.41) is 5.84. The van der Waals surface area contributed by atoms with Crippen molar-refractivity contribution in [1.82, 2.24) is 19.6 Å². The Morgan fingerprint density at radius 3 is 2.52 bits per heavy atom. The molecule has 2 aromatic heterocycles. The lowest BCUT2D eigenvalue weighted by Gasteiger charge is -2.08. The van der Waals surface area contributed by atoms with E-state index in [2.05, 4.69) is 20.4 Å². The first kappa shape index (κ1) is 18.8. The quantitative estimate of drug-likeness (QED) is 0.364. The molecule has 5 N–H and O–H groups in total. The molecule has 0 saturated heterocycles. The zero-order valence-corrected chi connectivity index (χ0v) is 16.6. The van der Waals surface area contributed by atoms with Gasteiger partial charge in [0.15, 0.2) is 10.8 Å². The molecule has 8 nitrogen and oxygen atoms in total. The van der Waals surface area contributed by atoms with Crippen molar-refractivity contribution >= 4 is 41.0 Å². The first-order valence-corrected chi connectivity index (χ1v) is 9.43. The maximum absolute atomic E-state index is 12.2. The number of hydrogen-bond donors (Lipinski definition) is 4. The standard InChI is InChI=1S/C19H16N6O2S2/c20-17(28)21-15-14(16-22-18(29)23-19(26)25(16)24-15)10-11-6-8-13(9-7-11)27-12-4-2-1-3-5-12/h1-9,24H,10H2,(H3,20,21,28)(H,23,26,29). The highest BCUT2D eigenvalue weighted by molar-refractivity contribution is 7.80. The van der Waals surface area contributed by atoms with Gasteiger partial charge < -0.3 is 15.8 Å². The number of para-hydroxylation sites is 1. The molecule has 2 heterocycles. The van der Waals surface area contributed by atoms with Crippen LogP contribution in [0.5, 0.6) is 11.5 Å². The van der Waals surface area contributed by atoms with Crippen molar-refractivity contribution in [2.45, 2.75) is 6.42 Å². The fraction of sp³-hybridized carbons (Fsp3) is 0.0526. The molecule has 0 unspecified atom stereocenters. The van der Waals surface area contributed by atoms with Crippen LogP contribution in [0, 0.1) is 4.77 Å². The predicted molar refractivity (Wildman–Crippen MR) is 117 cm³/mol. The molecule has 4 aromatic rings. The molecule has 4 rings (SSSR count). The monoisotopic (exact) mass is 424 g/mol. The summed E-state index contributed by atoms with van der Waals surface area (Å²) in [6, 6.07) is 17.2. The minimum atomic E-state index is -0.427. The highest BCUT2D eigenvalue weighted by Gasteiger charge is 2.16. The van der Waals surface area contributed by atoms with E-state index in [9.17, 15) is 4.79 Å². The molecule has 146 valence electrons. The van der Waals surface area contributed by atoms with Crippen molar-refractivity contribution < 1.29 is 4.74 Å². The number of benzene rings is 2. The van der Waals surface area contributed by atoms with Gasteiger partial charge in [0.2, 0.25) is 4.77 Å². The smallest absolute Gasteiger partial charge is 0.348 e. The predicted octanol–water partition coefficient (Wildman–Crippen LogP) is 3.12. The molecule has 0 atom stereocenters. The van der Waals surface area contributed by atoms with Crippen LogP contribution in [0.4, 0.5) is 5.82 Å². The van der Waals surface area contributed by atoms with E-state index in [0.717, 1.165) is 17.1 Å². The Balaban J connectivity index is 1.67. The van der Waals surface area contributed by atoms with Crippen LogP contribution in [0.1, 0.15) is 11.1 Å². The van der Waals surface area contributed by atoms with E-state index < -0.39 is 5.69 Å². The number of anilines is 1. The molecule has 29 heavy (non-hydrogen) atoms. The number of nitrogens with one attached hydrogen (secondary N) is 3. The first-order chi connectivity index (χ1) is 14.0. The zero-order valence-electron chi connectivity index (χ0n) is 15.0. The largest absolute Gasteiger partial charge is 0.457 e. The maximum atomic E-state index is 12.2. The van der Waals surface area contributed by atoms with Crippen LogP contribution in [0.2, 0.25) is 0 Å². The molecule has 0 bridgehead atoms. The Labute approximate surface area is 175 Å². The molecule has 0 saturated carbocycles. The van der Waals surface area contributed by atoms with Crippen molar-refractivity contribution in [3.05, 3.63) is 81.0 Å². The summed E-state index contributed by atoms with van der Waals surface area (Å²) in [6.07, 6.45) is 0.467. The number of aromatic amines is 2. The Bertz CT molecular complexity index is 1290. The lowest BCUT2D eigenvalue weighted by Crippen LogP contribution is -2.21. The zero-order chi connectivity index (χ0) is 20.4. The van der Waals surface area contributed by atoms with Crippen molar-refractivity contribution in [3.63, 3.8) is 0 Å². The molecular weight excluding hydrogens is 408 g/mol. The third-order valence-corrected chi connectivity index (χ3v) is 4.46. The molecule has 0 aliphatic rings. The van der Waals surface area contributed by atoms with Gasteiger partial charge in [-0.05, 0) is 54.3 Å². The van der Waals surface area contributed by atoms with Crippen molar-refractivity contribution in [3.8, 4) is 11.5 Å². The van der Waals surface area contributed by atoms with E-state index in [1.807, 2.05) is 54.6 Å². The summed E-state index contributed by atoms with van der Waals surface area (Å²) in [7, 11) is 0. The molecule has 0 fully saturated rings. The van der Waals surface area contributed by atoms with E-state index in [0.29, 0.717) is 23.4 Å². The summed E-state index contributed by atoms with van der Waals surface area (Å²) in [6.45, 7) is 0. The molecule has 0 aliphatic carbocycles. The van der Waals surface area contributed by atoms with Gasteiger partial charge in [-0.15, -0.1) is 0 Å². The Morgan fingerprint density at radius 1 is 1.14 bits per heavy atom. The van der Waals surface area contributed by atoms with Crippen LogP contribution in [-0.2, 0) is 6.42 Å². The van der Waals surface area contributed by atoms with Gasteiger partial charge in [-0.1, -0.05) is 30.3 Å². The highest BCUT2D eigenvalue weighted by atomic mass is 32.1. The summed E-state index contributed by atoms with van der Waals surface area (Å²) < 4.78 is 7.18. The molecular formula is C19H16N6O2S2. The Morgan fingerprint density at radius 2 is 1.83 bits per heavy atom. The second-order valence-electron chi connectivity index (χ2n) is 6.20. The van der Waals surface area contributed by atoms with E-state index >= 15 is 0 Å². The van der Waals surface area contributed by atoms with Crippen LogP contribution < -0.4 is 21.5 Å². The second kappa shape index (κ2) is 7.86. The molecule has 0 spiro atoms. The average Bonchev–Trinajstić information content (AvgIpc) is 3.01. The van der Waals surface area contributed by atoms with Gasteiger partial charge in [0.05, 0.1) is 0 Å². The van der Waals surface area contributed by atoms with Gasteiger partial charge in [0, 0.05) is 12.0 Å². The van der Waals surface area contributed by atoms with Crippen LogP contribution in [0.15, 0.2) is 59.4 Å². The van der Waals surface area contributed by atoms with Gasteiger partial charge >= 0.3 is 5.69 Å². The van der Waals surface area contributed by atoms with E-state index in [4.69, 9.17) is 34.9 Å². The lowest BCUT2D eigenvalue weighted by atomic mass is 10.1. The molecule has 0 radical (unpaired) electrons. The van der Waals surface area contributed by atoms with Crippen LogP contribution in [-0.4, -0.2) is 24.7 Å². The van der Waals surface area contributed by atoms with Crippen molar-refractivity contribution in [2.75, 3.05) is 5.32 Å². The van der Waals surface area contributed by atoms with Gasteiger partial charge in [-0.2, -0.15) is 9.50 Å². The van der Waals surface area contributed by atoms with Gasteiger partial charge in [0.25, 0.3) is 0 Å². The molecule has 2 aromatic carbocycles. The SMILES string of the molecule is NC(=S)Nc1[nH]n2c(=O)[nH]c(=S)nc2c1Cc1ccc(Oc2ccccc2)cc1. The third-order valence-electron chi connectivity index (χ3n) is 4.16. The summed E-state index contributed by atoms with van der Waals surface area (Å²) in [5.74, 6) is 1.97. The molecule has 10 heteroatoms. The topological polar surface area (TPSA) is 113 Å². The van der Waals surface area contributed by atoms with Crippen LogP contribution >= 0.6 is 24.4 Å². The minimum Gasteiger partial charge on any atom is -0.457 e. The lowest BCUT2D eigenvalue weighted by molar-refractivity contribution is 0.482. The normalized spacial score (nSPS) is 10.8. The second-order valence-corrected chi connectivity index (χ2v) is 7.02. The van der Waals surface area contributed by atoms with E-state index in [1.165, 1.54) is 4.52 Å². The van der Waals surface area contributed by atoms with E-state index in [-0.39, 0.29) is 9.88 Å². The Hall–Kier alpha value is -3.50. The Kier molecular flexibility index (Phi) is 5.10. The van der Waals surface area contributed by atoms with Crippen LogP contribution in [0.25, 0.3) is 5.65 Å². The van der Waals surface area contributed by atoms with Gasteiger partial charge in [-0.3, -0.25) is 10.1 Å². The number of hydrogen-bond acceptors (Lipinski definition) is 5. The summed E-state index contributed by atoms with van der Waals surface area (Å²) in [4.78, 5) is 18.9. The fourth-order valence-electron chi connectivity index (χ4n) is 2.91. The third kappa shape index (κ3) is 4.18.